The van der Waals surface area contributed by atoms with Crippen molar-refractivity contribution in [2.75, 3.05) is 0 Å². The molecule has 0 unspecified atom stereocenters. The second-order valence-corrected chi connectivity index (χ2v) is 3.40. The van der Waals surface area contributed by atoms with E-state index in [9.17, 15) is 10.1 Å². The summed E-state index contributed by atoms with van der Waals surface area (Å²) in [4.78, 5) is 14.2. The van der Waals surface area contributed by atoms with Crippen LogP contribution in [0.4, 0.5) is 5.69 Å². The minimum atomic E-state index is -0.407. The Labute approximate surface area is 84.0 Å². The highest BCUT2D eigenvalue weighted by molar-refractivity contribution is 7.07. The van der Waals surface area contributed by atoms with Crippen molar-refractivity contribution < 1.29 is 4.92 Å². The van der Waals surface area contributed by atoms with E-state index in [-0.39, 0.29) is 5.69 Å². The molecule has 0 N–H and O–H groups in total. The molecule has 5 heteroatoms. The Hall–Kier alpha value is -1.75. The van der Waals surface area contributed by atoms with Gasteiger partial charge in [-0.25, -0.2) is 4.98 Å². The summed E-state index contributed by atoms with van der Waals surface area (Å²) in [6.07, 6.45) is 0. The van der Waals surface area contributed by atoms with Gasteiger partial charge < -0.3 is 0 Å². The Morgan fingerprint density at radius 3 is 2.93 bits per heavy atom. The molecule has 0 aliphatic carbocycles. The van der Waals surface area contributed by atoms with Crippen LogP contribution in [0.2, 0.25) is 0 Å². The summed E-state index contributed by atoms with van der Waals surface area (Å²) in [6.45, 7) is 0. The molecule has 0 aliphatic heterocycles. The van der Waals surface area contributed by atoms with Gasteiger partial charge in [-0.05, 0) is 0 Å². The van der Waals surface area contributed by atoms with Crippen molar-refractivity contribution in [2.45, 2.75) is 0 Å². The fourth-order valence-electron chi connectivity index (χ4n) is 1.13. The Kier molecular flexibility index (Phi) is 2.24. The third kappa shape index (κ3) is 1.62. The van der Waals surface area contributed by atoms with Crippen LogP contribution in [-0.2, 0) is 0 Å². The lowest BCUT2D eigenvalue weighted by Gasteiger charge is -1.95. The van der Waals surface area contributed by atoms with Gasteiger partial charge in [0.15, 0.2) is 0 Å². The molecular weight excluding hydrogens is 200 g/mol. The van der Waals surface area contributed by atoms with E-state index in [1.54, 1.807) is 11.6 Å². The second-order valence-electron chi connectivity index (χ2n) is 2.68. The first-order valence-corrected chi connectivity index (χ1v) is 4.84. The number of aromatic nitrogens is 1. The molecule has 1 heterocycles. The Balaban J connectivity index is 2.46. The number of benzene rings is 1. The van der Waals surface area contributed by atoms with Crippen molar-refractivity contribution in [1.29, 1.82) is 0 Å². The third-order valence-corrected chi connectivity index (χ3v) is 2.37. The van der Waals surface area contributed by atoms with Crippen LogP contribution in [0, 0.1) is 10.1 Å². The molecule has 2 aromatic rings. The van der Waals surface area contributed by atoms with Crippen LogP contribution in [-0.4, -0.2) is 9.91 Å². The van der Waals surface area contributed by atoms with Crippen molar-refractivity contribution >= 4 is 17.0 Å². The van der Waals surface area contributed by atoms with Gasteiger partial charge in [-0.2, -0.15) is 0 Å². The normalized spacial score (nSPS) is 10.0. The highest BCUT2D eigenvalue weighted by Crippen LogP contribution is 2.23. The van der Waals surface area contributed by atoms with Crippen molar-refractivity contribution in [3.8, 4) is 11.3 Å². The van der Waals surface area contributed by atoms with Gasteiger partial charge in [0.25, 0.3) is 5.69 Å². The Bertz CT molecular complexity index is 454. The zero-order valence-corrected chi connectivity index (χ0v) is 7.90. The van der Waals surface area contributed by atoms with E-state index in [4.69, 9.17) is 0 Å². The molecule has 1 aromatic heterocycles. The molecule has 0 saturated heterocycles. The zero-order chi connectivity index (χ0) is 9.97. The number of rotatable bonds is 2. The fourth-order valence-corrected chi connectivity index (χ4v) is 1.70. The highest BCUT2D eigenvalue weighted by atomic mass is 32.1. The molecule has 0 fully saturated rings. The van der Waals surface area contributed by atoms with E-state index in [1.165, 1.54) is 23.5 Å². The van der Waals surface area contributed by atoms with Crippen LogP contribution in [0.3, 0.4) is 0 Å². The van der Waals surface area contributed by atoms with Gasteiger partial charge in [0.1, 0.15) is 0 Å². The number of thiazole rings is 1. The quantitative estimate of drug-likeness (QED) is 0.560. The van der Waals surface area contributed by atoms with Crippen LogP contribution in [0.1, 0.15) is 0 Å². The van der Waals surface area contributed by atoms with Gasteiger partial charge in [0, 0.05) is 23.1 Å². The number of nitro groups is 1. The van der Waals surface area contributed by atoms with E-state index in [1.807, 2.05) is 11.4 Å². The van der Waals surface area contributed by atoms with Crippen molar-refractivity contribution in [3.05, 3.63) is 45.3 Å². The summed E-state index contributed by atoms with van der Waals surface area (Å²) >= 11 is 1.47. The lowest BCUT2D eigenvalue weighted by Crippen LogP contribution is -1.87. The van der Waals surface area contributed by atoms with Gasteiger partial charge in [-0.1, -0.05) is 12.1 Å². The summed E-state index contributed by atoms with van der Waals surface area (Å²) in [5, 5.41) is 12.4. The predicted octanol–water partition coefficient (Wildman–Crippen LogP) is 2.72. The van der Waals surface area contributed by atoms with Crippen LogP contribution in [0.25, 0.3) is 11.3 Å². The van der Waals surface area contributed by atoms with Crippen LogP contribution >= 0.6 is 11.3 Å². The summed E-state index contributed by atoms with van der Waals surface area (Å²) in [5.74, 6) is 0. The molecule has 0 atom stereocenters. The fraction of sp³-hybridized carbons (Fsp3) is 0. The van der Waals surface area contributed by atoms with Crippen LogP contribution in [0.15, 0.2) is 35.2 Å². The standard InChI is InChI=1S/C9H6N2O2S/c12-11(13)8-3-1-2-7(4-8)9-5-14-6-10-9/h1-6H. The maximum Gasteiger partial charge on any atom is 0.270 e. The predicted molar refractivity (Wildman–Crippen MR) is 54.2 cm³/mol. The molecule has 2 rings (SSSR count). The monoisotopic (exact) mass is 206 g/mol. The van der Waals surface area contributed by atoms with Gasteiger partial charge in [0.05, 0.1) is 16.1 Å². The van der Waals surface area contributed by atoms with E-state index >= 15 is 0 Å². The molecular formula is C9H6N2O2S. The molecule has 0 aliphatic rings. The van der Waals surface area contributed by atoms with Crippen molar-refractivity contribution in [3.63, 3.8) is 0 Å². The second kappa shape index (κ2) is 3.55. The average Bonchev–Trinajstić information content (AvgIpc) is 2.71. The molecule has 4 nitrogen and oxygen atoms in total. The molecule has 14 heavy (non-hydrogen) atoms. The van der Waals surface area contributed by atoms with Crippen LogP contribution in [0.5, 0.6) is 0 Å². The molecule has 70 valence electrons. The van der Waals surface area contributed by atoms with Gasteiger partial charge >= 0.3 is 0 Å². The van der Waals surface area contributed by atoms with E-state index in [2.05, 4.69) is 4.98 Å². The molecule has 0 amide bonds. The molecule has 1 aromatic carbocycles. The molecule has 0 saturated carbocycles. The summed E-state index contributed by atoms with van der Waals surface area (Å²) in [7, 11) is 0. The minimum Gasteiger partial charge on any atom is -0.258 e. The van der Waals surface area contributed by atoms with Gasteiger partial charge in [0.2, 0.25) is 0 Å². The zero-order valence-electron chi connectivity index (χ0n) is 7.08. The first-order chi connectivity index (χ1) is 6.77. The van der Waals surface area contributed by atoms with Gasteiger partial charge in [-0.15, -0.1) is 11.3 Å². The summed E-state index contributed by atoms with van der Waals surface area (Å²) < 4.78 is 0. The largest absolute Gasteiger partial charge is 0.270 e. The number of nitrogens with zero attached hydrogens (tertiary/aromatic N) is 2. The molecule has 0 bridgehead atoms. The van der Waals surface area contributed by atoms with Crippen LogP contribution < -0.4 is 0 Å². The first-order valence-electron chi connectivity index (χ1n) is 3.90. The van der Waals surface area contributed by atoms with Gasteiger partial charge in [-0.3, -0.25) is 10.1 Å². The maximum atomic E-state index is 10.5. The topological polar surface area (TPSA) is 56.0 Å². The van der Waals surface area contributed by atoms with Crippen molar-refractivity contribution in [1.82, 2.24) is 4.98 Å². The minimum absolute atomic E-state index is 0.0931. The first kappa shape index (κ1) is 8.83. The lowest BCUT2D eigenvalue weighted by atomic mass is 10.1. The molecule has 0 radical (unpaired) electrons. The number of non-ortho nitro benzene ring substituents is 1. The van der Waals surface area contributed by atoms with E-state index < -0.39 is 4.92 Å². The van der Waals surface area contributed by atoms with E-state index in [0.717, 1.165) is 11.3 Å². The number of nitro benzene ring substituents is 1. The number of hydrogen-bond acceptors (Lipinski definition) is 4. The Morgan fingerprint density at radius 1 is 1.43 bits per heavy atom. The SMILES string of the molecule is O=[N+]([O-])c1cccc(-c2cscn2)c1. The van der Waals surface area contributed by atoms with E-state index in [0.29, 0.717) is 0 Å². The van der Waals surface area contributed by atoms with Crippen molar-refractivity contribution in [2.24, 2.45) is 0 Å². The highest BCUT2D eigenvalue weighted by Gasteiger charge is 2.07. The third-order valence-electron chi connectivity index (χ3n) is 1.79. The maximum absolute atomic E-state index is 10.5. The number of hydrogen-bond donors (Lipinski definition) is 0. The Morgan fingerprint density at radius 2 is 2.29 bits per heavy atom. The summed E-state index contributed by atoms with van der Waals surface area (Å²) in [6, 6.07) is 6.46. The smallest absolute Gasteiger partial charge is 0.258 e. The lowest BCUT2D eigenvalue weighted by molar-refractivity contribution is -0.384. The molecule has 0 spiro atoms. The average molecular weight is 206 g/mol. The summed E-state index contributed by atoms with van der Waals surface area (Å²) in [5.41, 5.74) is 3.35.